The molecule has 0 aromatic heterocycles. The molecule has 18 heavy (non-hydrogen) atoms. The van der Waals surface area contributed by atoms with E-state index in [-0.39, 0.29) is 4.90 Å². The van der Waals surface area contributed by atoms with Crippen LogP contribution >= 0.6 is 11.6 Å². The molecule has 1 aromatic carbocycles. The number of rotatable bonds is 6. The van der Waals surface area contributed by atoms with Gasteiger partial charge in [0.1, 0.15) is 0 Å². The molecule has 0 amide bonds. The van der Waals surface area contributed by atoms with E-state index in [0.29, 0.717) is 18.1 Å². The summed E-state index contributed by atoms with van der Waals surface area (Å²) >= 11 is 5.99. The van der Waals surface area contributed by atoms with Crippen LogP contribution in [0, 0.1) is 6.92 Å². The highest BCUT2D eigenvalue weighted by Crippen LogP contribution is 2.24. The van der Waals surface area contributed by atoms with Gasteiger partial charge in [0, 0.05) is 18.1 Å². The predicted molar refractivity (Wildman–Crippen MR) is 74.4 cm³/mol. The van der Waals surface area contributed by atoms with Crippen LogP contribution in [0.25, 0.3) is 0 Å². The molecule has 1 aromatic rings. The lowest BCUT2D eigenvalue weighted by Crippen LogP contribution is -2.24. The Morgan fingerprint density at radius 2 is 1.89 bits per heavy atom. The third kappa shape index (κ3) is 3.68. The van der Waals surface area contributed by atoms with Crippen molar-refractivity contribution in [3.8, 4) is 0 Å². The summed E-state index contributed by atoms with van der Waals surface area (Å²) in [5.41, 5.74) is 1.64. The lowest BCUT2D eigenvalue weighted by Gasteiger charge is -2.13. The van der Waals surface area contributed by atoms with Crippen LogP contribution in [0.5, 0.6) is 0 Å². The van der Waals surface area contributed by atoms with Crippen molar-refractivity contribution in [1.29, 1.82) is 0 Å². The maximum atomic E-state index is 12.0. The minimum atomic E-state index is -3.47. The molecule has 0 bridgehead atoms. The Morgan fingerprint density at radius 3 is 2.44 bits per heavy atom. The maximum absolute atomic E-state index is 12.0. The summed E-state index contributed by atoms with van der Waals surface area (Å²) in [6, 6.07) is 3.29. The SMILES string of the molecule is CCNCc1cc(Cl)cc(S(=O)(=O)NCC)c1C. The first-order chi connectivity index (χ1) is 8.42. The molecule has 102 valence electrons. The number of halogens is 1. The Kier molecular flexibility index (Phi) is 5.59. The van der Waals surface area contributed by atoms with Crippen molar-refractivity contribution in [2.75, 3.05) is 13.1 Å². The molecule has 0 unspecified atom stereocenters. The minimum Gasteiger partial charge on any atom is -0.313 e. The van der Waals surface area contributed by atoms with Gasteiger partial charge >= 0.3 is 0 Å². The molecule has 0 aliphatic carbocycles. The Hall–Kier alpha value is -0.620. The second kappa shape index (κ2) is 6.52. The average Bonchev–Trinajstić information content (AvgIpc) is 2.29. The molecule has 6 heteroatoms. The largest absolute Gasteiger partial charge is 0.313 e. The van der Waals surface area contributed by atoms with Crippen molar-refractivity contribution in [2.24, 2.45) is 0 Å². The molecule has 0 spiro atoms. The highest BCUT2D eigenvalue weighted by Gasteiger charge is 2.18. The molecule has 0 heterocycles. The standard InChI is InChI=1S/C12H19ClN2O2S/c1-4-14-8-10-6-11(13)7-12(9(10)3)18(16,17)15-5-2/h6-7,14-15H,4-5,8H2,1-3H3. The summed E-state index contributed by atoms with van der Waals surface area (Å²) in [5.74, 6) is 0. The Morgan fingerprint density at radius 1 is 1.22 bits per heavy atom. The van der Waals surface area contributed by atoms with E-state index in [1.165, 1.54) is 6.07 Å². The van der Waals surface area contributed by atoms with Crippen LogP contribution in [-0.2, 0) is 16.6 Å². The third-order valence-electron chi connectivity index (χ3n) is 2.62. The van der Waals surface area contributed by atoms with Gasteiger partial charge < -0.3 is 5.32 Å². The molecule has 0 saturated heterocycles. The van der Waals surface area contributed by atoms with E-state index in [2.05, 4.69) is 10.0 Å². The fraction of sp³-hybridized carbons (Fsp3) is 0.500. The van der Waals surface area contributed by atoms with Gasteiger partial charge in [0.05, 0.1) is 4.90 Å². The van der Waals surface area contributed by atoms with Crippen LogP contribution in [0.3, 0.4) is 0 Å². The second-order valence-electron chi connectivity index (χ2n) is 3.97. The zero-order valence-corrected chi connectivity index (χ0v) is 12.5. The topological polar surface area (TPSA) is 58.2 Å². The Labute approximate surface area is 114 Å². The zero-order chi connectivity index (χ0) is 13.8. The first-order valence-electron chi connectivity index (χ1n) is 5.91. The highest BCUT2D eigenvalue weighted by molar-refractivity contribution is 7.89. The van der Waals surface area contributed by atoms with Crippen molar-refractivity contribution in [2.45, 2.75) is 32.2 Å². The van der Waals surface area contributed by atoms with E-state index >= 15 is 0 Å². The zero-order valence-electron chi connectivity index (χ0n) is 10.9. The van der Waals surface area contributed by atoms with E-state index in [1.807, 2.05) is 6.92 Å². The van der Waals surface area contributed by atoms with Crippen LogP contribution in [-0.4, -0.2) is 21.5 Å². The van der Waals surface area contributed by atoms with Crippen molar-refractivity contribution in [3.63, 3.8) is 0 Å². The fourth-order valence-corrected chi connectivity index (χ4v) is 3.36. The molecule has 4 nitrogen and oxygen atoms in total. The average molecular weight is 291 g/mol. The van der Waals surface area contributed by atoms with Crippen molar-refractivity contribution < 1.29 is 8.42 Å². The summed E-state index contributed by atoms with van der Waals surface area (Å²) in [6.45, 7) is 7.33. The van der Waals surface area contributed by atoms with E-state index in [9.17, 15) is 8.42 Å². The molecule has 1 rings (SSSR count). The van der Waals surface area contributed by atoms with Crippen molar-refractivity contribution >= 4 is 21.6 Å². The first kappa shape index (κ1) is 15.4. The van der Waals surface area contributed by atoms with E-state index in [0.717, 1.165) is 17.7 Å². The van der Waals surface area contributed by atoms with Crippen LogP contribution in [0.1, 0.15) is 25.0 Å². The smallest absolute Gasteiger partial charge is 0.240 e. The molecule has 2 N–H and O–H groups in total. The van der Waals surface area contributed by atoms with Crippen LogP contribution in [0.15, 0.2) is 17.0 Å². The summed E-state index contributed by atoms with van der Waals surface area (Å²) in [6.07, 6.45) is 0. The molecular weight excluding hydrogens is 272 g/mol. The second-order valence-corrected chi connectivity index (χ2v) is 6.14. The molecule has 0 atom stereocenters. The third-order valence-corrected chi connectivity index (χ3v) is 4.51. The summed E-state index contributed by atoms with van der Waals surface area (Å²) < 4.78 is 26.6. The minimum absolute atomic E-state index is 0.254. The number of benzene rings is 1. The van der Waals surface area contributed by atoms with Gasteiger partial charge in [-0.05, 0) is 36.7 Å². The van der Waals surface area contributed by atoms with Crippen LogP contribution in [0.4, 0.5) is 0 Å². The quantitative estimate of drug-likeness (QED) is 0.843. The van der Waals surface area contributed by atoms with Gasteiger partial charge in [-0.25, -0.2) is 13.1 Å². The van der Waals surface area contributed by atoms with Gasteiger partial charge in [-0.1, -0.05) is 25.4 Å². The molecule has 0 saturated carbocycles. The molecule has 0 aliphatic rings. The molecule has 0 aliphatic heterocycles. The number of nitrogens with one attached hydrogen (secondary N) is 2. The first-order valence-corrected chi connectivity index (χ1v) is 7.77. The lowest BCUT2D eigenvalue weighted by molar-refractivity contribution is 0.583. The normalized spacial score (nSPS) is 11.8. The van der Waals surface area contributed by atoms with Gasteiger partial charge in [0.25, 0.3) is 0 Å². The monoisotopic (exact) mass is 290 g/mol. The van der Waals surface area contributed by atoms with Gasteiger partial charge in [0.15, 0.2) is 0 Å². The lowest BCUT2D eigenvalue weighted by atomic mass is 10.1. The number of hydrogen-bond acceptors (Lipinski definition) is 3. The van der Waals surface area contributed by atoms with Crippen LogP contribution in [0.2, 0.25) is 5.02 Å². The number of sulfonamides is 1. The van der Waals surface area contributed by atoms with Crippen molar-refractivity contribution in [3.05, 3.63) is 28.3 Å². The maximum Gasteiger partial charge on any atom is 0.240 e. The molecule has 0 radical (unpaired) electrons. The molecular formula is C12H19ClN2O2S. The molecule has 0 fully saturated rings. The summed E-state index contributed by atoms with van der Waals surface area (Å²) in [5, 5.41) is 3.60. The number of hydrogen-bond donors (Lipinski definition) is 2. The van der Waals surface area contributed by atoms with Crippen LogP contribution < -0.4 is 10.0 Å². The highest BCUT2D eigenvalue weighted by atomic mass is 35.5. The van der Waals surface area contributed by atoms with Gasteiger partial charge in [0.2, 0.25) is 10.0 Å². The Bertz CT molecular complexity index is 515. The van der Waals surface area contributed by atoms with Gasteiger partial charge in [-0.3, -0.25) is 0 Å². The van der Waals surface area contributed by atoms with E-state index in [1.54, 1.807) is 19.9 Å². The summed E-state index contributed by atoms with van der Waals surface area (Å²) in [4.78, 5) is 0.254. The Balaban J connectivity index is 3.24. The summed E-state index contributed by atoms with van der Waals surface area (Å²) in [7, 11) is -3.47. The van der Waals surface area contributed by atoms with Crippen molar-refractivity contribution in [1.82, 2.24) is 10.0 Å². The van der Waals surface area contributed by atoms with E-state index < -0.39 is 10.0 Å². The fourth-order valence-electron chi connectivity index (χ4n) is 1.70. The van der Waals surface area contributed by atoms with Gasteiger partial charge in [-0.15, -0.1) is 0 Å². The van der Waals surface area contributed by atoms with Gasteiger partial charge in [-0.2, -0.15) is 0 Å². The van der Waals surface area contributed by atoms with E-state index in [4.69, 9.17) is 11.6 Å². The predicted octanol–water partition coefficient (Wildman–Crippen LogP) is 2.06.